The van der Waals surface area contributed by atoms with Crippen LogP contribution in [0.5, 0.6) is 0 Å². The highest BCUT2D eigenvalue weighted by Gasteiger charge is 2.24. The fourth-order valence-corrected chi connectivity index (χ4v) is 5.32. The molecule has 148 valence electrons. The van der Waals surface area contributed by atoms with Gasteiger partial charge in [0.1, 0.15) is 12.9 Å². The number of hydrogen-bond acceptors (Lipinski definition) is 0. The summed E-state index contributed by atoms with van der Waals surface area (Å²) in [6.45, 7) is 6.67. The molecular formula is C27H24FN2+. The third-order valence-electron chi connectivity index (χ3n) is 6.50. The third kappa shape index (κ3) is 2.21. The van der Waals surface area contributed by atoms with E-state index in [1.165, 1.54) is 43.8 Å². The number of nitrogens with zero attached hydrogens (tertiary/aromatic N) is 2. The monoisotopic (exact) mass is 395 g/mol. The molecule has 0 aliphatic rings. The average molecular weight is 396 g/mol. The highest BCUT2D eigenvalue weighted by molar-refractivity contribution is 6.25. The Morgan fingerprint density at radius 2 is 1.73 bits per heavy atom. The van der Waals surface area contributed by atoms with Crippen molar-refractivity contribution in [3.63, 3.8) is 0 Å². The van der Waals surface area contributed by atoms with Crippen molar-refractivity contribution < 1.29 is 8.96 Å². The Morgan fingerprint density at radius 3 is 2.53 bits per heavy atom. The number of hydrogen-bond donors (Lipinski definition) is 0. The summed E-state index contributed by atoms with van der Waals surface area (Å²) in [5, 5.41) is 5.78. The van der Waals surface area contributed by atoms with Gasteiger partial charge in [-0.2, -0.15) is 0 Å². The molecule has 0 N–H and O–H groups in total. The normalized spacial score (nSPS) is 12.6. The van der Waals surface area contributed by atoms with E-state index >= 15 is 0 Å². The fourth-order valence-electron chi connectivity index (χ4n) is 5.32. The molecule has 0 bridgehead atoms. The fraction of sp³-hybridized carbons (Fsp3) is 0.222. The van der Waals surface area contributed by atoms with Crippen molar-refractivity contribution in [2.24, 2.45) is 13.0 Å². The molecule has 0 fully saturated rings. The number of aromatic nitrogens is 2. The van der Waals surface area contributed by atoms with E-state index in [2.05, 4.69) is 67.1 Å². The van der Waals surface area contributed by atoms with Crippen LogP contribution in [0, 0.1) is 18.7 Å². The SMILES string of the molecule is Cc1ccc2c3ccc(CC(C)C)cc3n3c4cc(F)cc5cc[n+](C)c(c1c23)c54. The van der Waals surface area contributed by atoms with Crippen molar-refractivity contribution in [2.45, 2.75) is 27.2 Å². The predicted octanol–water partition coefficient (Wildman–Crippen LogP) is 6.46. The average Bonchev–Trinajstić information content (AvgIpc) is 3.02. The second-order valence-electron chi connectivity index (χ2n) is 9.10. The van der Waals surface area contributed by atoms with Gasteiger partial charge >= 0.3 is 0 Å². The van der Waals surface area contributed by atoms with Gasteiger partial charge < -0.3 is 4.40 Å². The summed E-state index contributed by atoms with van der Waals surface area (Å²) in [6, 6.07) is 16.6. The van der Waals surface area contributed by atoms with Crippen molar-refractivity contribution in [1.29, 1.82) is 0 Å². The summed E-state index contributed by atoms with van der Waals surface area (Å²) in [5.41, 5.74) is 7.03. The first kappa shape index (κ1) is 17.6. The summed E-state index contributed by atoms with van der Waals surface area (Å²) in [4.78, 5) is 0. The van der Waals surface area contributed by atoms with Gasteiger partial charge in [-0.3, -0.25) is 0 Å². The molecule has 0 radical (unpaired) electrons. The Kier molecular flexibility index (Phi) is 3.48. The molecule has 3 heterocycles. The predicted molar refractivity (Wildman–Crippen MR) is 123 cm³/mol. The van der Waals surface area contributed by atoms with E-state index in [9.17, 15) is 4.39 Å². The van der Waals surface area contributed by atoms with Crippen LogP contribution in [0.3, 0.4) is 0 Å². The van der Waals surface area contributed by atoms with Crippen LogP contribution in [-0.4, -0.2) is 4.40 Å². The van der Waals surface area contributed by atoms with Crippen LogP contribution in [0.2, 0.25) is 0 Å². The Bertz CT molecular complexity index is 1620. The van der Waals surface area contributed by atoms with Crippen molar-refractivity contribution in [2.75, 3.05) is 0 Å². The molecule has 6 rings (SSSR count). The maximum absolute atomic E-state index is 14.7. The maximum atomic E-state index is 14.7. The lowest BCUT2D eigenvalue weighted by Gasteiger charge is -2.13. The number of benzene rings is 3. The lowest BCUT2D eigenvalue weighted by atomic mass is 9.99. The third-order valence-corrected chi connectivity index (χ3v) is 6.50. The minimum Gasteiger partial charge on any atom is -0.307 e. The van der Waals surface area contributed by atoms with Crippen LogP contribution in [0.4, 0.5) is 4.39 Å². The van der Waals surface area contributed by atoms with Gasteiger partial charge in [-0.05, 0) is 54.0 Å². The number of aryl methyl sites for hydroxylation is 2. The second kappa shape index (κ2) is 5.91. The van der Waals surface area contributed by atoms with Gasteiger partial charge in [-0.15, -0.1) is 0 Å². The molecule has 0 saturated carbocycles. The van der Waals surface area contributed by atoms with Crippen molar-refractivity contribution >= 4 is 49.0 Å². The first-order valence-electron chi connectivity index (χ1n) is 10.6. The number of rotatable bonds is 2. The Morgan fingerprint density at radius 1 is 0.933 bits per heavy atom. The largest absolute Gasteiger partial charge is 0.307 e. The topological polar surface area (TPSA) is 8.29 Å². The lowest BCUT2D eigenvalue weighted by Crippen LogP contribution is -2.28. The van der Waals surface area contributed by atoms with Gasteiger partial charge in [0.25, 0.3) is 0 Å². The van der Waals surface area contributed by atoms with Gasteiger partial charge in [0, 0.05) is 16.8 Å². The van der Waals surface area contributed by atoms with Crippen LogP contribution < -0.4 is 4.57 Å². The molecule has 3 heteroatoms. The second-order valence-corrected chi connectivity index (χ2v) is 9.10. The van der Waals surface area contributed by atoms with E-state index in [-0.39, 0.29) is 5.82 Å². The molecule has 2 nitrogen and oxygen atoms in total. The summed E-state index contributed by atoms with van der Waals surface area (Å²) < 4.78 is 19.2. The van der Waals surface area contributed by atoms with Gasteiger partial charge in [-0.1, -0.05) is 38.1 Å². The molecule has 0 saturated heterocycles. The van der Waals surface area contributed by atoms with Crippen molar-refractivity contribution in [1.82, 2.24) is 4.40 Å². The summed E-state index contributed by atoms with van der Waals surface area (Å²) in [7, 11) is 2.08. The van der Waals surface area contributed by atoms with Crippen LogP contribution in [0.15, 0.2) is 54.7 Å². The first-order chi connectivity index (χ1) is 14.4. The first-order valence-corrected chi connectivity index (χ1v) is 10.6. The minimum absolute atomic E-state index is 0.193. The molecular weight excluding hydrogens is 371 g/mol. The highest BCUT2D eigenvalue weighted by atomic mass is 19.1. The van der Waals surface area contributed by atoms with E-state index in [1.807, 2.05) is 12.3 Å². The van der Waals surface area contributed by atoms with Crippen LogP contribution >= 0.6 is 0 Å². The number of halogens is 1. The molecule has 0 atom stereocenters. The van der Waals surface area contributed by atoms with E-state index in [1.54, 1.807) is 12.1 Å². The molecule has 6 aromatic rings. The zero-order chi connectivity index (χ0) is 20.7. The van der Waals surface area contributed by atoms with Gasteiger partial charge in [0.15, 0.2) is 6.20 Å². The Labute approximate surface area is 174 Å². The summed E-state index contributed by atoms with van der Waals surface area (Å²) >= 11 is 0. The molecule has 0 unspecified atom stereocenters. The van der Waals surface area contributed by atoms with E-state index in [0.29, 0.717) is 5.92 Å². The Balaban J connectivity index is 1.98. The van der Waals surface area contributed by atoms with Crippen molar-refractivity contribution in [3.05, 3.63) is 71.7 Å². The summed E-state index contributed by atoms with van der Waals surface area (Å²) in [5.74, 6) is 0.397. The molecule has 3 aromatic heterocycles. The zero-order valence-corrected chi connectivity index (χ0v) is 17.8. The van der Waals surface area contributed by atoms with Gasteiger partial charge in [-0.25, -0.2) is 8.96 Å². The van der Waals surface area contributed by atoms with Crippen molar-refractivity contribution in [3.8, 4) is 0 Å². The summed E-state index contributed by atoms with van der Waals surface area (Å²) in [6.07, 6.45) is 3.08. The quantitative estimate of drug-likeness (QED) is 0.181. The van der Waals surface area contributed by atoms with Gasteiger partial charge in [0.2, 0.25) is 5.52 Å². The van der Waals surface area contributed by atoms with Crippen LogP contribution in [-0.2, 0) is 13.5 Å². The molecule has 0 aliphatic heterocycles. The maximum Gasteiger partial charge on any atom is 0.224 e. The highest BCUT2D eigenvalue weighted by Crippen LogP contribution is 2.41. The molecule has 30 heavy (non-hydrogen) atoms. The van der Waals surface area contributed by atoms with E-state index in [0.717, 1.165) is 22.7 Å². The molecule has 0 spiro atoms. The lowest BCUT2D eigenvalue weighted by molar-refractivity contribution is -0.643. The molecule has 0 amide bonds. The van der Waals surface area contributed by atoms with Gasteiger partial charge in [0.05, 0.1) is 27.3 Å². The van der Waals surface area contributed by atoms with E-state index in [4.69, 9.17) is 0 Å². The van der Waals surface area contributed by atoms with Crippen LogP contribution in [0.25, 0.3) is 49.0 Å². The zero-order valence-electron chi connectivity index (χ0n) is 17.8. The Hall–Kier alpha value is -3.20. The smallest absolute Gasteiger partial charge is 0.224 e. The standard InChI is InChI=1S/C27H24FN2/c1-15(2)11-17-6-8-20-21-7-5-16(3)24-26(21)30(22(20)12-17)23-14-19(28)13-18-9-10-29(4)27(24)25(18)23/h5-10,12-15H,11H2,1-4H3/q+1. The number of pyridine rings is 2. The molecule has 3 aromatic carbocycles. The van der Waals surface area contributed by atoms with Crippen LogP contribution in [0.1, 0.15) is 25.0 Å². The molecule has 0 aliphatic carbocycles. The number of fused-ring (bicyclic) bond motifs is 5. The minimum atomic E-state index is -0.193. The van der Waals surface area contributed by atoms with E-state index < -0.39 is 0 Å².